The number of rotatable bonds is 3. The van der Waals surface area contributed by atoms with Gasteiger partial charge in [0.05, 0.1) is 4.90 Å². The van der Waals surface area contributed by atoms with E-state index in [0.717, 1.165) is 41.6 Å². The minimum atomic E-state index is -3.62. The molecule has 0 bridgehead atoms. The van der Waals surface area contributed by atoms with E-state index < -0.39 is 10.0 Å². The maximum absolute atomic E-state index is 13.4. The molecule has 154 valence electrons. The Balaban J connectivity index is 1.70. The molecule has 0 N–H and O–H groups in total. The van der Waals surface area contributed by atoms with E-state index in [0.29, 0.717) is 31.1 Å². The average Bonchev–Trinajstić information content (AvgIpc) is 3.13. The lowest BCUT2D eigenvalue weighted by Gasteiger charge is -2.30. The third-order valence-corrected chi connectivity index (χ3v) is 8.38. The van der Waals surface area contributed by atoms with Crippen LogP contribution < -0.4 is 4.90 Å². The van der Waals surface area contributed by atoms with Gasteiger partial charge in [0.1, 0.15) is 0 Å². The molecule has 5 nitrogen and oxygen atoms in total. The van der Waals surface area contributed by atoms with E-state index in [1.807, 2.05) is 44.2 Å². The summed E-state index contributed by atoms with van der Waals surface area (Å²) in [6, 6.07) is 11.3. The van der Waals surface area contributed by atoms with Crippen molar-refractivity contribution in [1.29, 1.82) is 0 Å². The van der Waals surface area contributed by atoms with Gasteiger partial charge >= 0.3 is 0 Å². The summed E-state index contributed by atoms with van der Waals surface area (Å²) in [5.41, 5.74) is 4.06. The fraction of sp³-hybridized carbons (Fsp3) is 0.435. The minimum absolute atomic E-state index is 0.137. The number of benzene rings is 2. The number of anilines is 1. The Hall–Kier alpha value is -2.18. The number of amides is 1. The van der Waals surface area contributed by atoms with Gasteiger partial charge in [-0.2, -0.15) is 4.31 Å². The van der Waals surface area contributed by atoms with Crippen LogP contribution in [0.2, 0.25) is 0 Å². The molecule has 0 unspecified atom stereocenters. The van der Waals surface area contributed by atoms with Crippen molar-refractivity contribution >= 4 is 21.6 Å². The smallest absolute Gasteiger partial charge is 0.258 e. The van der Waals surface area contributed by atoms with Gasteiger partial charge in [0.15, 0.2) is 0 Å². The van der Waals surface area contributed by atoms with Crippen LogP contribution in [0, 0.1) is 19.8 Å². The molecule has 1 saturated heterocycles. The number of hydrogen-bond acceptors (Lipinski definition) is 3. The molecule has 1 amide bonds. The molecule has 2 aliphatic heterocycles. The Morgan fingerprint density at radius 3 is 2.45 bits per heavy atom. The van der Waals surface area contributed by atoms with E-state index in [4.69, 9.17) is 0 Å². The number of carbonyl (C=O) groups is 1. The van der Waals surface area contributed by atoms with E-state index >= 15 is 0 Å². The van der Waals surface area contributed by atoms with E-state index in [2.05, 4.69) is 6.92 Å². The second-order valence-electron chi connectivity index (χ2n) is 8.34. The Kier molecular flexibility index (Phi) is 5.25. The van der Waals surface area contributed by atoms with Crippen molar-refractivity contribution in [2.75, 3.05) is 24.5 Å². The number of sulfonamides is 1. The summed E-state index contributed by atoms with van der Waals surface area (Å²) < 4.78 is 28.3. The quantitative estimate of drug-likeness (QED) is 0.768. The van der Waals surface area contributed by atoms with Gasteiger partial charge in [-0.15, -0.1) is 0 Å². The number of carbonyl (C=O) groups excluding carboxylic acids is 1. The van der Waals surface area contributed by atoms with Crippen molar-refractivity contribution in [2.45, 2.75) is 44.9 Å². The summed E-state index contributed by atoms with van der Waals surface area (Å²) in [6.45, 7) is 7.57. The van der Waals surface area contributed by atoms with Crippen LogP contribution in [0.5, 0.6) is 0 Å². The molecule has 0 aliphatic carbocycles. The normalized spacial score (nSPS) is 18.1. The van der Waals surface area contributed by atoms with Gasteiger partial charge in [-0.3, -0.25) is 4.79 Å². The highest BCUT2D eigenvalue weighted by Gasteiger charge is 2.32. The van der Waals surface area contributed by atoms with Crippen molar-refractivity contribution in [3.05, 3.63) is 58.7 Å². The zero-order valence-electron chi connectivity index (χ0n) is 17.3. The van der Waals surface area contributed by atoms with E-state index in [9.17, 15) is 13.2 Å². The maximum Gasteiger partial charge on any atom is 0.258 e. The first-order valence-corrected chi connectivity index (χ1v) is 11.7. The first-order chi connectivity index (χ1) is 13.8. The van der Waals surface area contributed by atoms with Gasteiger partial charge in [-0.1, -0.05) is 25.1 Å². The fourth-order valence-corrected chi connectivity index (χ4v) is 6.08. The highest BCUT2D eigenvalue weighted by Crippen LogP contribution is 2.32. The number of aryl methyl sites for hydroxylation is 1. The molecule has 2 aliphatic rings. The Morgan fingerprint density at radius 1 is 1.03 bits per heavy atom. The molecule has 0 saturated carbocycles. The zero-order chi connectivity index (χ0) is 20.8. The summed E-state index contributed by atoms with van der Waals surface area (Å²) in [7, 11) is -3.62. The molecule has 2 aromatic rings. The predicted octanol–water partition coefficient (Wildman–Crippen LogP) is 3.93. The molecule has 29 heavy (non-hydrogen) atoms. The second kappa shape index (κ2) is 7.58. The van der Waals surface area contributed by atoms with Crippen molar-refractivity contribution in [2.24, 2.45) is 5.92 Å². The second-order valence-corrected chi connectivity index (χ2v) is 10.2. The van der Waals surface area contributed by atoms with Crippen molar-refractivity contribution in [1.82, 2.24) is 4.31 Å². The van der Waals surface area contributed by atoms with Gasteiger partial charge < -0.3 is 4.90 Å². The Morgan fingerprint density at radius 2 is 1.72 bits per heavy atom. The van der Waals surface area contributed by atoms with Crippen LogP contribution in [-0.2, 0) is 16.4 Å². The van der Waals surface area contributed by atoms with Gasteiger partial charge in [0.2, 0.25) is 10.0 Å². The summed E-state index contributed by atoms with van der Waals surface area (Å²) in [4.78, 5) is 15.3. The zero-order valence-corrected chi connectivity index (χ0v) is 18.1. The summed E-state index contributed by atoms with van der Waals surface area (Å²) >= 11 is 0. The lowest BCUT2D eigenvalue weighted by molar-refractivity contribution is 0.0989. The largest absolute Gasteiger partial charge is 0.308 e. The minimum Gasteiger partial charge on any atom is -0.308 e. The molecular formula is C23H28N2O3S. The molecule has 2 heterocycles. The molecule has 2 aromatic carbocycles. The SMILES string of the molecule is Cc1cc(C(=O)N2CCc3ccccc32)cc(S(=O)(=O)N2CCC(C)CC2)c1C. The molecule has 0 spiro atoms. The van der Waals surface area contributed by atoms with Crippen molar-refractivity contribution in [3.8, 4) is 0 Å². The molecule has 0 aromatic heterocycles. The van der Waals surface area contributed by atoms with Crippen LogP contribution in [0.25, 0.3) is 0 Å². The molecule has 4 rings (SSSR count). The van der Waals surface area contributed by atoms with Crippen LogP contribution in [0.3, 0.4) is 0 Å². The topological polar surface area (TPSA) is 57.7 Å². The third-order valence-electron chi connectivity index (χ3n) is 6.36. The van der Waals surface area contributed by atoms with E-state index in [-0.39, 0.29) is 10.8 Å². The monoisotopic (exact) mass is 412 g/mol. The molecule has 1 fully saturated rings. The third kappa shape index (κ3) is 3.60. The van der Waals surface area contributed by atoms with E-state index in [1.54, 1.807) is 15.3 Å². The molecule has 6 heteroatoms. The number of para-hydroxylation sites is 1. The first kappa shape index (κ1) is 20.1. The lowest BCUT2D eigenvalue weighted by atomic mass is 10.0. The molecular weight excluding hydrogens is 384 g/mol. The number of piperidine rings is 1. The lowest BCUT2D eigenvalue weighted by Crippen LogP contribution is -2.38. The number of hydrogen-bond donors (Lipinski definition) is 0. The van der Waals surface area contributed by atoms with Crippen molar-refractivity contribution in [3.63, 3.8) is 0 Å². The van der Waals surface area contributed by atoms with Gasteiger partial charge in [-0.05, 0) is 73.9 Å². The first-order valence-electron chi connectivity index (χ1n) is 10.3. The van der Waals surface area contributed by atoms with Gasteiger partial charge in [-0.25, -0.2) is 8.42 Å². The molecule has 0 atom stereocenters. The predicted molar refractivity (Wildman–Crippen MR) is 115 cm³/mol. The number of nitrogens with zero attached hydrogens (tertiary/aromatic N) is 2. The highest BCUT2D eigenvalue weighted by atomic mass is 32.2. The van der Waals surface area contributed by atoms with Crippen LogP contribution in [0.4, 0.5) is 5.69 Å². The fourth-order valence-electron chi connectivity index (χ4n) is 4.29. The Labute approximate surface area is 173 Å². The van der Waals surface area contributed by atoms with Crippen molar-refractivity contribution < 1.29 is 13.2 Å². The highest BCUT2D eigenvalue weighted by molar-refractivity contribution is 7.89. The summed E-state index contributed by atoms with van der Waals surface area (Å²) in [5, 5.41) is 0. The van der Waals surface area contributed by atoms with Crippen LogP contribution in [0.1, 0.15) is 46.8 Å². The van der Waals surface area contributed by atoms with Gasteiger partial charge in [0, 0.05) is 30.9 Å². The number of fused-ring (bicyclic) bond motifs is 1. The maximum atomic E-state index is 13.4. The van der Waals surface area contributed by atoms with Crippen LogP contribution in [0.15, 0.2) is 41.3 Å². The van der Waals surface area contributed by atoms with E-state index in [1.165, 1.54) is 0 Å². The summed E-state index contributed by atoms with van der Waals surface area (Å²) in [6.07, 6.45) is 2.57. The standard InChI is InChI=1S/C23H28N2O3S/c1-16-8-11-24(12-9-16)29(27,28)22-15-20(14-17(2)18(22)3)23(26)25-13-10-19-6-4-5-7-21(19)25/h4-7,14-16H,8-13H2,1-3H3. The molecule has 0 radical (unpaired) electrons. The van der Waals surface area contributed by atoms with Crippen LogP contribution in [-0.4, -0.2) is 38.3 Å². The average molecular weight is 413 g/mol. The van der Waals surface area contributed by atoms with Crippen LogP contribution >= 0.6 is 0 Å². The Bertz CT molecular complexity index is 1050. The summed E-state index contributed by atoms with van der Waals surface area (Å²) in [5.74, 6) is 0.411. The van der Waals surface area contributed by atoms with Gasteiger partial charge in [0.25, 0.3) is 5.91 Å².